The van der Waals surface area contributed by atoms with E-state index in [4.69, 9.17) is 9.47 Å². The van der Waals surface area contributed by atoms with E-state index < -0.39 is 29.4 Å². The van der Waals surface area contributed by atoms with E-state index in [0.29, 0.717) is 0 Å². The van der Waals surface area contributed by atoms with Crippen LogP contribution >= 0.6 is 0 Å². The van der Waals surface area contributed by atoms with Gasteiger partial charge in [0.25, 0.3) is 0 Å². The number of hydrogen-bond donors (Lipinski definition) is 0. The van der Waals surface area contributed by atoms with Gasteiger partial charge in [-0.25, -0.2) is 14.0 Å². The smallest absolute Gasteiger partial charge is 0.411 e. The Morgan fingerprint density at radius 1 is 1.50 bits per heavy atom. The highest BCUT2D eigenvalue weighted by atomic mass is 19.1. The molecular formula is C14H22FNO4. The van der Waals surface area contributed by atoms with Crippen LogP contribution in [0.3, 0.4) is 0 Å². The van der Waals surface area contributed by atoms with E-state index in [1.807, 2.05) is 0 Å². The van der Waals surface area contributed by atoms with Crippen molar-refractivity contribution in [1.29, 1.82) is 0 Å². The zero-order valence-electron chi connectivity index (χ0n) is 12.4. The summed E-state index contributed by atoms with van der Waals surface area (Å²) < 4.78 is 23.8. The lowest BCUT2D eigenvalue weighted by atomic mass is 9.92. The molecule has 20 heavy (non-hydrogen) atoms. The maximum atomic E-state index is 13.8. The van der Waals surface area contributed by atoms with E-state index in [1.165, 1.54) is 13.2 Å². The van der Waals surface area contributed by atoms with Crippen LogP contribution < -0.4 is 0 Å². The van der Waals surface area contributed by atoms with Crippen molar-refractivity contribution in [3.63, 3.8) is 0 Å². The van der Waals surface area contributed by atoms with Crippen molar-refractivity contribution in [1.82, 2.24) is 4.90 Å². The minimum atomic E-state index is -1.36. The van der Waals surface area contributed by atoms with Gasteiger partial charge in [-0.05, 0) is 27.2 Å². The number of rotatable bonds is 3. The summed E-state index contributed by atoms with van der Waals surface area (Å²) in [6.07, 6.45) is -0.511. The Hall–Kier alpha value is -1.59. The van der Waals surface area contributed by atoms with Crippen molar-refractivity contribution in [3.8, 4) is 0 Å². The predicted octanol–water partition coefficient (Wildman–Crippen LogP) is 2.45. The fraction of sp³-hybridized carbons (Fsp3) is 0.714. The summed E-state index contributed by atoms with van der Waals surface area (Å²) in [5.74, 6) is -0.650. The number of nitrogens with zero attached hydrogens (tertiary/aromatic N) is 1. The molecule has 0 aromatic heterocycles. The van der Waals surface area contributed by atoms with Crippen LogP contribution in [-0.4, -0.2) is 47.9 Å². The fourth-order valence-corrected chi connectivity index (χ4v) is 2.38. The van der Waals surface area contributed by atoms with Crippen LogP contribution in [0.4, 0.5) is 9.18 Å². The lowest BCUT2D eigenvalue weighted by molar-refractivity contribution is -0.153. The first-order chi connectivity index (χ1) is 9.16. The molecule has 0 bridgehead atoms. The van der Waals surface area contributed by atoms with Crippen molar-refractivity contribution in [3.05, 3.63) is 12.7 Å². The number of alkyl halides is 1. The molecule has 1 rings (SSSR count). The third-order valence-electron chi connectivity index (χ3n) is 3.12. The minimum Gasteiger partial charge on any atom is -0.467 e. The summed E-state index contributed by atoms with van der Waals surface area (Å²) >= 11 is 0. The van der Waals surface area contributed by atoms with E-state index in [2.05, 4.69) is 6.58 Å². The van der Waals surface area contributed by atoms with Crippen LogP contribution in [0.5, 0.6) is 0 Å². The van der Waals surface area contributed by atoms with Crippen molar-refractivity contribution in [2.24, 2.45) is 0 Å². The molecule has 0 aromatic rings. The van der Waals surface area contributed by atoms with Crippen molar-refractivity contribution >= 4 is 12.1 Å². The molecule has 0 radical (unpaired) electrons. The molecule has 2 atom stereocenters. The van der Waals surface area contributed by atoms with Gasteiger partial charge in [0.2, 0.25) is 0 Å². The molecule has 5 nitrogen and oxygen atoms in total. The fourth-order valence-electron chi connectivity index (χ4n) is 2.38. The van der Waals surface area contributed by atoms with E-state index in [0.717, 1.165) is 4.90 Å². The first-order valence-electron chi connectivity index (χ1n) is 6.50. The number of carbonyl (C=O) groups is 2. The van der Waals surface area contributed by atoms with Crippen molar-refractivity contribution < 1.29 is 23.5 Å². The predicted molar refractivity (Wildman–Crippen MR) is 72.0 cm³/mol. The van der Waals surface area contributed by atoms with Gasteiger partial charge in [-0.2, -0.15) is 0 Å². The zero-order valence-corrected chi connectivity index (χ0v) is 12.4. The number of likely N-dealkylation sites (tertiary alicyclic amines) is 1. The highest BCUT2D eigenvalue weighted by Crippen LogP contribution is 2.36. The molecule has 1 aliphatic heterocycles. The molecule has 1 amide bonds. The second-order valence-electron chi connectivity index (χ2n) is 5.91. The molecule has 1 saturated heterocycles. The maximum absolute atomic E-state index is 13.8. The minimum absolute atomic E-state index is 0.106. The summed E-state index contributed by atoms with van der Waals surface area (Å²) in [5, 5.41) is 0. The Bertz CT molecular complexity index is 404. The summed E-state index contributed by atoms with van der Waals surface area (Å²) in [7, 11) is 1.21. The van der Waals surface area contributed by atoms with E-state index in [9.17, 15) is 14.0 Å². The maximum Gasteiger partial charge on any atom is 0.411 e. The summed E-state index contributed by atoms with van der Waals surface area (Å²) in [5.41, 5.74) is -2.08. The third-order valence-corrected chi connectivity index (χ3v) is 3.12. The average Bonchev–Trinajstić information content (AvgIpc) is 2.65. The summed E-state index contributed by atoms with van der Waals surface area (Å²) in [6, 6.07) is 0. The first-order valence-corrected chi connectivity index (χ1v) is 6.50. The molecular weight excluding hydrogens is 265 g/mol. The van der Waals surface area contributed by atoms with E-state index in [-0.39, 0.29) is 19.4 Å². The normalized spacial score (nSPS) is 26.2. The highest BCUT2D eigenvalue weighted by Gasteiger charge is 2.55. The average molecular weight is 287 g/mol. The van der Waals surface area contributed by atoms with Gasteiger partial charge in [-0.1, -0.05) is 6.08 Å². The number of ether oxygens (including phenoxy) is 2. The standard InChI is InChI=1S/C14H22FNO4/c1-6-7-14(11(17)19-5)8-10(15)9-16(14)12(18)20-13(2,3)4/h6,10H,1,7-9H2,2-5H3/t10-,14-/m1/s1. The van der Waals surface area contributed by atoms with Crippen LogP contribution in [-0.2, 0) is 14.3 Å². The number of esters is 1. The number of halogens is 1. The summed E-state index contributed by atoms with van der Waals surface area (Å²) in [4.78, 5) is 25.4. The summed E-state index contributed by atoms with van der Waals surface area (Å²) in [6.45, 7) is 8.52. The Morgan fingerprint density at radius 3 is 2.55 bits per heavy atom. The van der Waals surface area contributed by atoms with Crippen LogP contribution in [0.15, 0.2) is 12.7 Å². The Balaban J connectivity index is 3.09. The third kappa shape index (κ3) is 3.29. The first kappa shape index (κ1) is 16.5. The van der Waals surface area contributed by atoms with Gasteiger partial charge in [0, 0.05) is 6.42 Å². The molecule has 1 heterocycles. The topological polar surface area (TPSA) is 55.8 Å². The second-order valence-corrected chi connectivity index (χ2v) is 5.91. The number of methoxy groups -OCH3 is 1. The highest BCUT2D eigenvalue weighted by molar-refractivity contribution is 5.87. The molecule has 1 aliphatic rings. The number of hydrogen-bond acceptors (Lipinski definition) is 4. The Kier molecular flexibility index (Phi) is 4.78. The van der Waals surface area contributed by atoms with Crippen molar-refractivity contribution in [2.45, 2.75) is 50.9 Å². The lowest BCUT2D eigenvalue weighted by Crippen LogP contribution is -2.54. The molecule has 6 heteroatoms. The molecule has 0 N–H and O–H groups in total. The molecule has 1 fully saturated rings. The van der Waals surface area contributed by atoms with Crippen LogP contribution in [0.1, 0.15) is 33.6 Å². The van der Waals surface area contributed by atoms with E-state index >= 15 is 0 Å². The largest absolute Gasteiger partial charge is 0.467 e. The Labute approximate surface area is 118 Å². The zero-order chi connectivity index (χ0) is 15.6. The molecule has 0 saturated carbocycles. The molecule has 0 aliphatic carbocycles. The van der Waals surface area contributed by atoms with Gasteiger partial charge in [0.15, 0.2) is 0 Å². The molecule has 0 spiro atoms. The lowest BCUT2D eigenvalue weighted by Gasteiger charge is -2.35. The Morgan fingerprint density at radius 2 is 2.10 bits per heavy atom. The van der Waals surface area contributed by atoms with Gasteiger partial charge < -0.3 is 9.47 Å². The molecule has 114 valence electrons. The molecule has 0 unspecified atom stereocenters. The second kappa shape index (κ2) is 5.81. The van der Waals surface area contributed by atoms with Gasteiger partial charge in [0.1, 0.15) is 17.3 Å². The van der Waals surface area contributed by atoms with Gasteiger partial charge in [-0.15, -0.1) is 6.58 Å². The number of carbonyl (C=O) groups excluding carboxylic acids is 2. The van der Waals surface area contributed by atoms with Crippen LogP contribution in [0.25, 0.3) is 0 Å². The molecule has 0 aromatic carbocycles. The number of amides is 1. The van der Waals surface area contributed by atoms with Crippen LogP contribution in [0, 0.1) is 0 Å². The quantitative estimate of drug-likeness (QED) is 0.591. The van der Waals surface area contributed by atoms with E-state index in [1.54, 1.807) is 20.8 Å². The van der Waals surface area contributed by atoms with Gasteiger partial charge in [-0.3, -0.25) is 4.90 Å². The van der Waals surface area contributed by atoms with Gasteiger partial charge in [0.05, 0.1) is 13.7 Å². The van der Waals surface area contributed by atoms with Crippen LogP contribution in [0.2, 0.25) is 0 Å². The van der Waals surface area contributed by atoms with Crippen molar-refractivity contribution in [2.75, 3.05) is 13.7 Å². The van der Waals surface area contributed by atoms with Gasteiger partial charge >= 0.3 is 12.1 Å². The monoisotopic (exact) mass is 287 g/mol. The SMILES string of the molecule is C=CC[C@]1(C(=O)OC)C[C@@H](F)CN1C(=O)OC(C)(C)C.